The van der Waals surface area contributed by atoms with E-state index in [-0.39, 0.29) is 12.0 Å². The van der Waals surface area contributed by atoms with E-state index >= 15 is 0 Å². The highest BCUT2D eigenvalue weighted by Crippen LogP contribution is 2.21. The molecule has 0 radical (unpaired) electrons. The van der Waals surface area contributed by atoms with Gasteiger partial charge in [-0.2, -0.15) is 0 Å². The molecule has 0 saturated carbocycles. The molecule has 0 aliphatic carbocycles. The number of hydrogen-bond donors (Lipinski definition) is 2. The third-order valence-electron chi connectivity index (χ3n) is 3.26. The number of aliphatic carboxylic acids is 1. The lowest BCUT2D eigenvalue weighted by Crippen LogP contribution is -2.25. The summed E-state index contributed by atoms with van der Waals surface area (Å²) in [5.74, 6) is -0.962. The van der Waals surface area contributed by atoms with Crippen molar-refractivity contribution in [2.24, 2.45) is 5.92 Å². The molecule has 2 N–H and O–H groups in total. The molecule has 1 saturated heterocycles. The summed E-state index contributed by atoms with van der Waals surface area (Å²) in [4.78, 5) is 12.8. The van der Waals surface area contributed by atoms with Crippen LogP contribution in [0.3, 0.4) is 0 Å². The smallest absolute Gasteiger partial charge is 0.306 e. The number of likely N-dealkylation sites (N-methyl/N-ethyl adjacent to an activating group) is 1. The standard InChI is InChI=1S/C11H21NO3/c1-8(11(14)15)4-3-5-9-6-10(13)7-12(9)2/h8-10,13H,3-7H2,1-2H3,(H,14,15)/t8?,9-,10-/m1/s1. The first kappa shape index (κ1) is 12.5. The van der Waals surface area contributed by atoms with Gasteiger partial charge in [0.25, 0.3) is 0 Å². The van der Waals surface area contributed by atoms with Crippen LogP contribution >= 0.6 is 0 Å². The van der Waals surface area contributed by atoms with Gasteiger partial charge in [-0.1, -0.05) is 13.3 Å². The molecule has 1 aliphatic heterocycles. The predicted octanol–water partition coefficient (Wildman–Crippen LogP) is 0.942. The maximum atomic E-state index is 10.6. The van der Waals surface area contributed by atoms with Gasteiger partial charge in [0, 0.05) is 12.6 Å². The Balaban J connectivity index is 2.18. The molecule has 0 bridgehead atoms. The summed E-state index contributed by atoms with van der Waals surface area (Å²) in [6.45, 7) is 2.49. The number of rotatable bonds is 5. The highest BCUT2D eigenvalue weighted by Gasteiger charge is 2.27. The molecule has 0 aromatic heterocycles. The Morgan fingerprint density at radius 1 is 1.60 bits per heavy atom. The normalized spacial score (nSPS) is 29.3. The van der Waals surface area contributed by atoms with Crippen molar-refractivity contribution < 1.29 is 15.0 Å². The Morgan fingerprint density at radius 2 is 2.27 bits per heavy atom. The van der Waals surface area contributed by atoms with Crippen molar-refractivity contribution in [1.29, 1.82) is 0 Å². The summed E-state index contributed by atoms with van der Waals surface area (Å²) in [7, 11) is 2.02. The lowest BCUT2D eigenvalue weighted by atomic mass is 10.0. The van der Waals surface area contributed by atoms with E-state index in [0.717, 1.165) is 32.2 Å². The molecule has 0 aromatic rings. The fourth-order valence-corrected chi connectivity index (χ4v) is 2.17. The molecule has 0 aromatic carbocycles. The summed E-state index contributed by atoms with van der Waals surface area (Å²) >= 11 is 0. The summed E-state index contributed by atoms with van der Waals surface area (Å²) in [6.07, 6.45) is 3.28. The monoisotopic (exact) mass is 215 g/mol. The second kappa shape index (κ2) is 5.47. The van der Waals surface area contributed by atoms with E-state index in [9.17, 15) is 9.90 Å². The molecule has 1 unspecified atom stereocenters. The number of carboxylic acids is 1. The second-order valence-electron chi connectivity index (χ2n) is 4.65. The van der Waals surface area contributed by atoms with Gasteiger partial charge in [-0.05, 0) is 26.3 Å². The lowest BCUT2D eigenvalue weighted by molar-refractivity contribution is -0.141. The van der Waals surface area contributed by atoms with Crippen molar-refractivity contribution in [3.8, 4) is 0 Å². The SMILES string of the molecule is CC(CCC[C@@H]1C[C@@H](O)CN1C)C(=O)O. The van der Waals surface area contributed by atoms with E-state index in [1.807, 2.05) is 7.05 Å². The van der Waals surface area contributed by atoms with Crippen LogP contribution in [0.25, 0.3) is 0 Å². The summed E-state index contributed by atoms with van der Waals surface area (Å²) in [5, 5.41) is 18.1. The molecule has 3 atom stereocenters. The van der Waals surface area contributed by atoms with Gasteiger partial charge >= 0.3 is 5.97 Å². The van der Waals surface area contributed by atoms with Crippen LogP contribution < -0.4 is 0 Å². The van der Waals surface area contributed by atoms with Gasteiger partial charge in [-0.25, -0.2) is 0 Å². The highest BCUT2D eigenvalue weighted by molar-refractivity contribution is 5.69. The Hall–Kier alpha value is -0.610. The maximum Gasteiger partial charge on any atom is 0.306 e. The van der Waals surface area contributed by atoms with Crippen molar-refractivity contribution in [1.82, 2.24) is 4.90 Å². The number of likely N-dealkylation sites (tertiary alicyclic amines) is 1. The Labute approximate surface area is 90.9 Å². The van der Waals surface area contributed by atoms with Crippen LogP contribution in [0.1, 0.15) is 32.6 Å². The first-order valence-corrected chi connectivity index (χ1v) is 5.61. The Morgan fingerprint density at radius 3 is 2.73 bits per heavy atom. The van der Waals surface area contributed by atoms with Crippen molar-refractivity contribution in [3.63, 3.8) is 0 Å². The van der Waals surface area contributed by atoms with Crippen LogP contribution in [-0.2, 0) is 4.79 Å². The topological polar surface area (TPSA) is 60.8 Å². The zero-order chi connectivity index (χ0) is 11.4. The number of nitrogens with zero attached hydrogens (tertiary/aromatic N) is 1. The van der Waals surface area contributed by atoms with Crippen molar-refractivity contribution in [2.75, 3.05) is 13.6 Å². The van der Waals surface area contributed by atoms with Crippen LogP contribution in [0, 0.1) is 5.92 Å². The largest absolute Gasteiger partial charge is 0.481 e. The van der Waals surface area contributed by atoms with Gasteiger partial charge in [0.15, 0.2) is 0 Å². The van der Waals surface area contributed by atoms with Gasteiger partial charge in [-0.3, -0.25) is 4.79 Å². The minimum atomic E-state index is -0.713. The molecule has 88 valence electrons. The molecular formula is C11H21NO3. The van der Waals surface area contributed by atoms with Crippen molar-refractivity contribution >= 4 is 5.97 Å². The molecular weight excluding hydrogens is 194 g/mol. The van der Waals surface area contributed by atoms with Gasteiger partial charge in [-0.15, -0.1) is 0 Å². The molecule has 1 rings (SSSR count). The van der Waals surface area contributed by atoms with E-state index in [2.05, 4.69) is 4.90 Å². The van der Waals surface area contributed by atoms with E-state index in [0.29, 0.717) is 6.04 Å². The van der Waals surface area contributed by atoms with E-state index < -0.39 is 5.97 Å². The molecule has 1 heterocycles. The minimum Gasteiger partial charge on any atom is -0.481 e. The molecule has 4 nitrogen and oxygen atoms in total. The van der Waals surface area contributed by atoms with Gasteiger partial charge < -0.3 is 15.1 Å². The van der Waals surface area contributed by atoms with E-state index in [1.54, 1.807) is 6.92 Å². The maximum absolute atomic E-state index is 10.6. The van der Waals surface area contributed by atoms with Crippen LogP contribution in [0.15, 0.2) is 0 Å². The fourth-order valence-electron chi connectivity index (χ4n) is 2.17. The van der Waals surface area contributed by atoms with Crippen molar-refractivity contribution in [2.45, 2.75) is 44.8 Å². The van der Waals surface area contributed by atoms with E-state index in [1.165, 1.54) is 0 Å². The molecule has 4 heteroatoms. The van der Waals surface area contributed by atoms with E-state index in [4.69, 9.17) is 5.11 Å². The number of hydrogen-bond acceptors (Lipinski definition) is 3. The van der Waals surface area contributed by atoms with Gasteiger partial charge in [0.2, 0.25) is 0 Å². The Kier molecular flexibility index (Phi) is 4.54. The summed E-state index contributed by atoms with van der Waals surface area (Å²) in [6, 6.07) is 0.431. The number of aliphatic hydroxyl groups is 1. The molecule has 1 aliphatic rings. The second-order valence-corrected chi connectivity index (χ2v) is 4.65. The number of aliphatic hydroxyl groups excluding tert-OH is 1. The molecule has 0 spiro atoms. The van der Waals surface area contributed by atoms with Crippen LogP contribution in [0.2, 0.25) is 0 Å². The van der Waals surface area contributed by atoms with Crippen molar-refractivity contribution in [3.05, 3.63) is 0 Å². The average molecular weight is 215 g/mol. The van der Waals surface area contributed by atoms with Gasteiger partial charge in [0.05, 0.1) is 12.0 Å². The number of β-amino-alcohol motifs (C(OH)–C–C–N with tert-alkyl or cyclic N) is 1. The van der Waals surface area contributed by atoms with Crippen LogP contribution in [0.4, 0.5) is 0 Å². The molecule has 1 fully saturated rings. The predicted molar refractivity (Wildman–Crippen MR) is 57.7 cm³/mol. The zero-order valence-corrected chi connectivity index (χ0v) is 9.52. The van der Waals surface area contributed by atoms with Gasteiger partial charge in [0.1, 0.15) is 0 Å². The third-order valence-corrected chi connectivity index (χ3v) is 3.26. The summed E-state index contributed by atoms with van der Waals surface area (Å²) < 4.78 is 0. The zero-order valence-electron chi connectivity index (χ0n) is 9.52. The lowest BCUT2D eigenvalue weighted by Gasteiger charge is -2.18. The fraction of sp³-hybridized carbons (Fsp3) is 0.909. The minimum absolute atomic E-state index is 0.197. The number of carbonyl (C=O) groups is 1. The third kappa shape index (κ3) is 3.80. The Bertz CT molecular complexity index is 220. The molecule has 15 heavy (non-hydrogen) atoms. The quantitative estimate of drug-likeness (QED) is 0.716. The van der Waals surface area contributed by atoms with Crippen LogP contribution in [-0.4, -0.2) is 46.8 Å². The van der Waals surface area contributed by atoms with Crippen LogP contribution in [0.5, 0.6) is 0 Å². The number of carboxylic acid groups (broad SMARTS) is 1. The highest BCUT2D eigenvalue weighted by atomic mass is 16.4. The molecule has 0 amide bonds. The average Bonchev–Trinajstić information content (AvgIpc) is 2.45. The first-order chi connectivity index (χ1) is 7.00. The first-order valence-electron chi connectivity index (χ1n) is 5.61. The summed E-state index contributed by atoms with van der Waals surface area (Å²) in [5.41, 5.74) is 0.